The van der Waals surface area contributed by atoms with Gasteiger partial charge in [-0.2, -0.15) is 0 Å². The highest BCUT2D eigenvalue weighted by molar-refractivity contribution is 5.71. The van der Waals surface area contributed by atoms with Gasteiger partial charge in [0.15, 0.2) is 6.10 Å². The molecule has 0 amide bonds. The number of carbonyl (C=O) groups excluding carboxylic acids is 3. The van der Waals surface area contributed by atoms with Crippen LogP contribution in [0.1, 0.15) is 290 Å². The molecule has 0 rings (SSSR count). The van der Waals surface area contributed by atoms with Gasteiger partial charge in [-0.15, -0.1) is 0 Å². The Kier molecular flexibility index (Phi) is 59.3. The van der Waals surface area contributed by atoms with E-state index in [1.165, 1.54) is 122 Å². The fraction of sp³-hybridized carbons (Fsp3) is 0.696. The molecule has 0 aromatic carbocycles. The molecular formula is C69H116O6. The van der Waals surface area contributed by atoms with Crippen LogP contribution in [0.15, 0.2) is 109 Å². The molecule has 0 radical (unpaired) electrons. The molecule has 6 heteroatoms. The van der Waals surface area contributed by atoms with Gasteiger partial charge in [-0.3, -0.25) is 14.4 Å². The second-order valence-electron chi connectivity index (χ2n) is 20.6. The highest BCUT2D eigenvalue weighted by atomic mass is 16.6. The fourth-order valence-corrected chi connectivity index (χ4v) is 8.64. The largest absolute Gasteiger partial charge is 0.462 e. The number of rotatable bonds is 56. The third-order valence-electron chi connectivity index (χ3n) is 13.3. The number of hydrogen-bond donors (Lipinski definition) is 0. The van der Waals surface area contributed by atoms with Crippen LogP contribution in [0.25, 0.3) is 0 Å². The Bertz CT molecular complexity index is 1520. The van der Waals surface area contributed by atoms with Crippen LogP contribution in [0.5, 0.6) is 0 Å². The normalized spacial score (nSPS) is 12.8. The summed E-state index contributed by atoms with van der Waals surface area (Å²) in [5.74, 6) is -0.895. The lowest BCUT2D eigenvalue weighted by atomic mass is 10.0. The number of allylic oxidation sites excluding steroid dienone is 18. The molecule has 75 heavy (non-hydrogen) atoms. The second kappa shape index (κ2) is 62.6. The fourth-order valence-electron chi connectivity index (χ4n) is 8.64. The maximum absolute atomic E-state index is 12.9. The van der Waals surface area contributed by atoms with E-state index in [0.717, 1.165) is 128 Å². The van der Waals surface area contributed by atoms with Crippen molar-refractivity contribution >= 4 is 17.9 Å². The maximum Gasteiger partial charge on any atom is 0.306 e. The van der Waals surface area contributed by atoms with Crippen LogP contribution in [-0.4, -0.2) is 37.2 Å². The summed E-state index contributed by atoms with van der Waals surface area (Å²) in [5, 5.41) is 0. The Labute approximate surface area is 463 Å². The van der Waals surface area contributed by atoms with Crippen LogP contribution in [0.3, 0.4) is 0 Å². The summed E-state index contributed by atoms with van der Waals surface area (Å²) in [6.45, 7) is 6.42. The molecule has 0 aromatic heterocycles. The lowest BCUT2D eigenvalue weighted by Gasteiger charge is -2.18. The molecule has 0 saturated carbocycles. The zero-order chi connectivity index (χ0) is 54.3. The first kappa shape index (κ1) is 71.1. The number of ether oxygens (including phenoxy) is 3. The zero-order valence-electron chi connectivity index (χ0n) is 49.0. The van der Waals surface area contributed by atoms with Crippen LogP contribution in [0.2, 0.25) is 0 Å². The molecule has 0 fully saturated rings. The van der Waals surface area contributed by atoms with Crippen LogP contribution in [0.4, 0.5) is 0 Å². The predicted octanol–water partition coefficient (Wildman–Crippen LogP) is 21.4. The first-order valence-corrected chi connectivity index (χ1v) is 31.4. The van der Waals surface area contributed by atoms with E-state index in [1.807, 2.05) is 0 Å². The van der Waals surface area contributed by atoms with E-state index in [0.29, 0.717) is 19.3 Å². The summed E-state index contributed by atoms with van der Waals surface area (Å²) in [6, 6.07) is 0. The SMILES string of the molecule is CC/C=C\C/C=C\C/C=C\C/C=C\C/C=C\C/C=C\CCCCCCCCCCC(=O)OCC(COC(=O)CCCCCCCCCCCCCCC)OC(=O)CCCCCCCCC/C=C\C/C=C\C/C=C\CC. The molecule has 0 N–H and O–H groups in total. The van der Waals surface area contributed by atoms with Crippen molar-refractivity contribution in [3.05, 3.63) is 109 Å². The van der Waals surface area contributed by atoms with Gasteiger partial charge in [0.1, 0.15) is 13.2 Å². The average molecular weight is 1040 g/mol. The van der Waals surface area contributed by atoms with Gasteiger partial charge in [0.2, 0.25) is 0 Å². The number of carbonyl (C=O) groups is 3. The third-order valence-corrected chi connectivity index (χ3v) is 13.3. The molecule has 428 valence electrons. The Hall–Kier alpha value is -3.93. The second-order valence-corrected chi connectivity index (χ2v) is 20.6. The lowest BCUT2D eigenvalue weighted by molar-refractivity contribution is -0.167. The minimum absolute atomic E-state index is 0.0831. The molecule has 1 atom stereocenters. The smallest absolute Gasteiger partial charge is 0.306 e. The molecule has 0 aliphatic rings. The number of hydrogen-bond acceptors (Lipinski definition) is 6. The van der Waals surface area contributed by atoms with Crippen LogP contribution in [-0.2, 0) is 28.6 Å². The number of unbranched alkanes of at least 4 members (excludes halogenated alkanes) is 27. The molecule has 6 nitrogen and oxygen atoms in total. The van der Waals surface area contributed by atoms with Crippen molar-refractivity contribution in [3.63, 3.8) is 0 Å². The average Bonchev–Trinajstić information content (AvgIpc) is 3.41. The van der Waals surface area contributed by atoms with Crippen molar-refractivity contribution in [2.45, 2.75) is 297 Å². The van der Waals surface area contributed by atoms with E-state index in [4.69, 9.17) is 14.2 Å². The van der Waals surface area contributed by atoms with Crippen molar-refractivity contribution in [1.29, 1.82) is 0 Å². The molecule has 1 unspecified atom stereocenters. The summed E-state index contributed by atoms with van der Waals surface area (Å²) in [7, 11) is 0. The molecular weight excluding hydrogens is 925 g/mol. The summed E-state index contributed by atoms with van der Waals surface area (Å²) in [4.78, 5) is 38.3. The molecule has 0 saturated heterocycles. The van der Waals surface area contributed by atoms with Gasteiger partial charge in [0.25, 0.3) is 0 Å². The van der Waals surface area contributed by atoms with Crippen molar-refractivity contribution in [1.82, 2.24) is 0 Å². The Balaban J connectivity index is 4.34. The van der Waals surface area contributed by atoms with Gasteiger partial charge in [-0.1, -0.05) is 278 Å². The monoisotopic (exact) mass is 1040 g/mol. The molecule has 0 aliphatic heterocycles. The van der Waals surface area contributed by atoms with Crippen LogP contribution < -0.4 is 0 Å². The zero-order valence-corrected chi connectivity index (χ0v) is 49.0. The van der Waals surface area contributed by atoms with Gasteiger partial charge in [0, 0.05) is 19.3 Å². The first-order valence-electron chi connectivity index (χ1n) is 31.4. The van der Waals surface area contributed by atoms with E-state index in [2.05, 4.69) is 130 Å². The topological polar surface area (TPSA) is 78.9 Å². The maximum atomic E-state index is 12.9. The van der Waals surface area contributed by atoms with Gasteiger partial charge >= 0.3 is 17.9 Å². The molecule has 0 bridgehead atoms. The van der Waals surface area contributed by atoms with E-state index in [9.17, 15) is 14.4 Å². The minimum Gasteiger partial charge on any atom is -0.462 e. The predicted molar refractivity (Wildman–Crippen MR) is 325 cm³/mol. The summed E-state index contributed by atoms with van der Waals surface area (Å²) in [5.41, 5.74) is 0. The quantitative estimate of drug-likeness (QED) is 0.0261. The van der Waals surface area contributed by atoms with Crippen LogP contribution in [0, 0.1) is 0 Å². The summed E-state index contributed by atoms with van der Waals surface area (Å²) in [6.07, 6.45) is 85.1. The van der Waals surface area contributed by atoms with E-state index in [-0.39, 0.29) is 31.1 Å². The summed E-state index contributed by atoms with van der Waals surface area (Å²) >= 11 is 0. The highest BCUT2D eigenvalue weighted by Crippen LogP contribution is 2.16. The van der Waals surface area contributed by atoms with E-state index < -0.39 is 6.10 Å². The first-order chi connectivity index (χ1) is 37.0. The van der Waals surface area contributed by atoms with Gasteiger partial charge in [0.05, 0.1) is 0 Å². The molecule has 0 heterocycles. The van der Waals surface area contributed by atoms with Crippen LogP contribution >= 0.6 is 0 Å². The van der Waals surface area contributed by atoms with Gasteiger partial charge in [-0.25, -0.2) is 0 Å². The van der Waals surface area contributed by atoms with Crippen molar-refractivity contribution in [3.8, 4) is 0 Å². The van der Waals surface area contributed by atoms with E-state index in [1.54, 1.807) is 0 Å². The molecule has 0 aliphatic carbocycles. The lowest BCUT2D eigenvalue weighted by Crippen LogP contribution is -2.30. The standard InChI is InChI=1S/C69H116O6/c1-4-7-10-13-16-19-22-25-27-29-30-31-32-33-34-35-36-37-38-40-41-44-47-50-53-56-59-62-68(71)74-65-66(64-73-67(70)61-58-55-52-49-46-43-24-21-18-15-12-9-6-3)75-69(72)63-60-57-54-51-48-45-42-39-28-26-23-20-17-14-11-8-5-2/h7-8,10-11,16-17,19-20,25-28,30-31,33-34,36-37,66H,4-6,9,12-15,18,21-24,29,32,35,38-65H2,1-3H3/b10-7-,11-8-,19-16-,20-17-,27-25-,28-26-,31-30-,34-33-,37-36-. The third kappa shape index (κ3) is 60.8. The van der Waals surface area contributed by atoms with Crippen molar-refractivity contribution < 1.29 is 28.6 Å². The number of esters is 3. The van der Waals surface area contributed by atoms with Gasteiger partial charge < -0.3 is 14.2 Å². The molecule has 0 spiro atoms. The Morgan fingerprint density at radius 3 is 0.813 bits per heavy atom. The Morgan fingerprint density at radius 1 is 0.280 bits per heavy atom. The van der Waals surface area contributed by atoms with Crippen molar-refractivity contribution in [2.24, 2.45) is 0 Å². The highest BCUT2D eigenvalue weighted by Gasteiger charge is 2.19. The van der Waals surface area contributed by atoms with E-state index >= 15 is 0 Å². The van der Waals surface area contributed by atoms with Crippen molar-refractivity contribution in [2.75, 3.05) is 13.2 Å². The summed E-state index contributed by atoms with van der Waals surface area (Å²) < 4.78 is 16.9. The molecule has 0 aromatic rings. The minimum atomic E-state index is -0.788. The Morgan fingerprint density at radius 2 is 0.520 bits per heavy atom. The van der Waals surface area contributed by atoms with Gasteiger partial charge in [-0.05, 0) is 103 Å².